The summed E-state index contributed by atoms with van der Waals surface area (Å²) in [6.45, 7) is 11.8. The van der Waals surface area contributed by atoms with Crippen molar-refractivity contribution >= 4 is 17.6 Å². The van der Waals surface area contributed by atoms with Crippen molar-refractivity contribution in [2.45, 2.75) is 78.6 Å². The lowest BCUT2D eigenvalue weighted by Gasteiger charge is -2.63. The molecule has 2 bridgehead atoms. The van der Waals surface area contributed by atoms with Crippen LogP contribution in [0.5, 0.6) is 5.75 Å². The van der Waals surface area contributed by atoms with E-state index in [2.05, 4.69) is 27.4 Å². The molecule has 1 spiro atoms. The number of ether oxygens (including phenoxy) is 2. The first-order chi connectivity index (χ1) is 17.5. The number of ketones is 1. The maximum Gasteiger partial charge on any atom is 0.312 e. The molecule has 0 saturated heterocycles. The zero-order valence-corrected chi connectivity index (χ0v) is 22.7. The molecule has 1 aromatic carbocycles. The van der Waals surface area contributed by atoms with E-state index in [0.717, 1.165) is 56.9 Å². The van der Waals surface area contributed by atoms with Crippen LogP contribution in [0.1, 0.15) is 84.1 Å². The molecule has 6 nitrogen and oxygen atoms in total. The number of nitrogen functional groups attached to an aromatic ring is 1. The van der Waals surface area contributed by atoms with Gasteiger partial charge in [0.05, 0.1) is 18.6 Å². The first kappa shape index (κ1) is 26.0. The molecular weight excluding hydrogens is 464 g/mol. The van der Waals surface area contributed by atoms with Gasteiger partial charge in [-0.15, -0.1) is 0 Å². The molecule has 37 heavy (non-hydrogen) atoms. The number of Topliss-reactive ketones (excluding diaryl/α,β-unsaturated/α-hetero) is 1. The molecule has 6 heteroatoms. The quantitative estimate of drug-likeness (QED) is 0.159. The summed E-state index contributed by atoms with van der Waals surface area (Å²) in [6.07, 6.45) is 8.49. The van der Waals surface area contributed by atoms with Gasteiger partial charge >= 0.3 is 5.97 Å². The van der Waals surface area contributed by atoms with Gasteiger partial charge in [0.15, 0.2) is 5.78 Å². The van der Waals surface area contributed by atoms with Crippen molar-refractivity contribution in [2.75, 3.05) is 13.2 Å². The molecule has 5 rings (SSSR count). The third-order valence-corrected chi connectivity index (χ3v) is 10.9. The first-order valence-electron chi connectivity index (χ1n) is 13.9. The van der Waals surface area contributed by atoms with Crippen LogP contribution in [0.15, 0.2) is 36.4 Å². The fraction of sp³-hybridized carbons (Fsp3) is 0.645. The predicted molar refractivity (Wildman–Crippen MR) is 143 cm³/mol. The number of esters is 1. The highest BCUT2D eigenvalue weighted by atomic mass is 16.5. The number of carbonyl (C=O) groups excluding carboxylic acids is 2. The Labute approximate surface area is 220 Å². The lowest BCUT2D eigenvalue weighted by Crippen LogP contribution is -2.59. The third-order valence-electron chi connectivity index (χ3n) is 10.9. The van der Waals surface area contributed by atoms with E-state index in [-0.39, 0.29) is 34.0 Å². The third kappa shape index (κ3) is 3.93. The summed E-state index contributed by atoms with van der Waals surface area (Å²) in [5.74, 6) is 1.64. The molecule has 0 radical (unpaired) electrons. The molecule has 3 N–H and O–H groups in total. The Morgan fingerprint density at radius 3 is 2.46 bits per heavy atom. The minimum atomic E-state index is -0.497. The molecular formula is C31H42N2O4. The highest BCUT2D eigenvalue weighted by Gasteiger charge is 2.69. The number of fused-ring (bicyclic) bond motifs is 3. The summed E-state index contributed by atoms with van der Waals surface area (Å²) in [5, 5.41) is 7.47. The van der Waals surface area contributed by atoms with Gasteiger partial charge < -0.3 is 15.2 Å². The Hall–Kier alpha value is -2.63. The van der Waals surface area contributed by atoms with Gasteiger partial charge in [-0.3, -0.25) is 15.0 Å². The molecule has 0 amide bonds. The van der Waals surface area contributed by atoms with Crippen molar-refractivity contribution < 1.29 is 19.1 Å². The number of nitrogens with two attached hydrogens (primary N) is 1. The number of hydrogen-bond donors (Lipinski definition) is 2. The van der Waals surface area contributed by atoms with Crippen molar-refractivity contribution in [2.24, 2.45) is 39.2 Å². The number of nitrogens with one attached hydrogen (secondary N) is 1. The Morgan fingerprint density at radius 1 is 1.05 bits per heavy atom. The zero-order valence-electron chi connectivity index (χ0n) is 22.7. The predicted octanol–water partition coefficient (Wildman–Crippen LogP) is 5.82. The second-order valence-corrected chi connectivity index (χ2v) is 12.9. The molecule has 4 saturated carbocycles. The Bertz CT molecular complexity index is 1130. The average molecular weight is 507 g/mol. The molecule has 0 aliphatic heterocycles. The summed E-state index contributed by atoms with van der Waals surface area (Å²) >= 11 is 0. The van der Waals surface area contributed by atoms with E-state index < -0.39 is 5.41 Å². The average Bonchev–Trinajstić information content (AvgIpc) is 3.00. The summed E-state index contributed by atoms with van der Waals surface area (Å²) in [5.41, 5.74) is 6.25. The fourth-order valence-corrected chi connectivity index (χ4v) is 9.06. The minimum absolute atomic E-state index is 0.0221. The lowest BCUT2D eigenvalue weighted by molar-refractivity contribution is -0.185. The number of carbonyl (C=O) groups is 2. The molecule has 0 aromatic heterocycles. The molecule has 4 fully saturated rings. The largest absolute Gasteiger partial charge is 0.493 e. The highest BCUT2D eigenvalue weighted by Crippen LogP contribution is 2.74. The maximum atomic E-state index is 13.6. The smallest absolute Gasteiger partial charge is 0.312 e. The maximum absolute atomic E-state index is 13.6. The molecule has 4 aliphatic rings. The first-order valence-corrected chi connectivity index (χ1v) is 13.9. The van der Waals surface area contributed by atoms with Crippen LogP contribution in [-0.2, 0) is 14.3 Å². The van der Waals surface area contributed by atoms with Crippen molar-refractivity contribution in [3.05, 3.63) is 42.0 Å². The van der Waals surface area contributed by atoms with Crippen molar-refractivity contribution in [3.63, 3.8) is 0 Å². The van der Waals surface area contributed by atoms with Crippen molar-refractivity contribution in [1.29, 1.82) is 5.41 Å². The minimum Gasteiger partial charge on any atom is -0.493 e. The van der Waals surface area contributed by atoms with Crippen LogP contribution in [0.2, 0.25) is 0 Å². The highest BCUT2D eigenvalue weighted by molar-refractivity contribution is 6.03. The van der Waals surface area contributed by atoms with Gasteiger partial charge in [-0.1, -0.05) is 26.8 Å². The van der Waals surface area contributed by atoms with Crippen LogP contribution >= 0.6 is 0 Å². The number of rotatable bonds is 7. The summed E-state index contributed by atoms with van der Waals surface area (Å²) < 4.78 is 11.7. The molecule has 6 atom stereocenters. The molecule has 200 valence electrons. The van der Waals surface area contributed by atoms with Gasteiger partial charge in [-0.05, 0) is 99.0 Å². The monoisotopic (exact) mass is 506 g/mol. The van der Waals surface area contributed by atoms with Gasteiger partial charge in [0.2, 0.25) is 0 Å². The van der Waals surface area contributed by atoms with Crippen LogP contribution in [0.4, 0.5) is 0 Å². The van der Waals surface area contributed by atoms with E-state index in [4.69, 9.17) is 20.6 Å². The van der Waals surface area contributed by atoms with Gasteiger partial charge in [-0.25, -0.2) is 0 Å². The van der Waals surface area contributed by atoms with Gasteiger partial charge in [0.1, 0.15) is 11.6 Å². The summed E-state index contributed by atoms with van der Waals surface area (Å²) in [7, 11) is 0. The molecule has 0 heterocycles. The number of hydrogen-bond acceptors (Lipinski definition) is 5. The number of amidine groups is 1. The van der Waals surface area contributed by atoms with Crippen molar-refractivity contribution in [3.8, 4) is 5.75 Å². The van der Waals surface area contributed by atoms with Gasteiger partial charge in [0.25, 0.3) is 0 Å². The Balaban J connectivity index is 1.21. The molecule has 4 aliphatic carbocycles. The number of allylic oxidation sites excluding steroid dienone is 1. The van der Waals surface area contributed by atoms with E-state index in [9.17, 15) is 9.59 Å². The topological polar surface area (TPSA) is 102 Å². The molecule has 0 unspecified atom stereocenters. The standard InChI is InChI=1S/C31H42N2O4/c1-20-25(34)28(2)15-11-24-29(3)13-5-14-30(4,23(29)12-16-31(20,24)19-28)27(35)37-18-6-17-36-22-9-7-21(8-10-22)26(32)33/h7-10,23-24H,1,5-6,11-19H2,2-4H3,(H3,32,33)/t23-,24-,28-,29+,30+,31-/m0/s1. The SMILES string of the molecule is C=C1C(=O)[C@@]2(C)CC[C@@H]3[C@@]1(CC[C@H]1[C@@]3(C)CCC[C@@]1(C)C(=O)OCCCOc1ccc(C(=N)N)cc1)C2. The van der Waals surface area contributed by atoms with Crippen LogP contribution < -0.4 is 10.5 Å². The zero-order chi connectivity index (χ0) is 26.6. The Kier molecular flexibility index (Phi) is 6.32. The second kappa shape index (κ2) is 8.99. The van der Waals surface area contributed by atoms with Gasteiger partial charge in [0, 0.05) is 22.8 Å². The van der Waals surface area contributed by atoms with Crippen molar-refractivity contribution in [1.82, 2.24) is 0 Å². The number of benzene rings is 1. The van der Waals surface area contributed by atoms with Gasteiger partial charge in [-0.2, -0.15) is 0 Å². The van der Waals surface area contributed by atoms with E-state index in [0.29, 0.717) is 42.6 Å². The van der Waals surface area contributed by atoms with E-state index in [1.54, 1.807) is 24.3 Å². The van der Waals surface area contributed by atoms with E-state index in [1.165, 1.54) is 0 Å². The summed E-state index contributed by atoms with van der Waals surface area (Å²) in [4.78, 5) is 26.7. The summed E-state index contributed by atoms with van der Waals surface area (Å²) in [6, 6.07) is 7.11. The normalized spacial score (nSPS) is 38.5. The van der Waals surface area contributed by atoms with Crippen LogP contribution in [-0.4, -0.2) is 30.8 Å². The second-order valence-electron chi connectivity index (χ2n) is 12.9. The lowest BCUT2D eigenvalue weighted by atomic mass is 9.40. The Morgan fingerprint density at radius 2 is 1.76 bits per heavy atom. The fourth-order valence-electron chi connectivity index (χ4n) is 9.06. The van der Waals surface area contributed by atoms with E-state index >= 15 is 0 Å². The van der Waals surface area contributed by atoms with Crippen LogP contribution in [0, 0.1) is 38.9 Å². The molecule has 1 aromatic rings. The van der Waals surface area contributed by atoms with Crippen LogP contribution in [0.3, 0.4) is 0 Å². The van der Waals surface area contributed by atoms with Crippen LogP contribution in [0.25, 0.3) is 0 Å². The van der Waals surface area contributed by atoms with E-state index in [1.807, 2.05) is 0 Å².